The van der Waals surface area contributed by atoms with Crippen LogP contribution in [0.15, 0.2) is 24.3 Å². The zero-order valence-electron chi connectivity index (χ0n) is 11.4. The van der Waals surface area contributed by atoms with E-state index in [0.29, 0.717) is 5.92 Å². The van der Waals surface area contributed by atoms with Crippen LogP contribution in [-0.4, -0.2) is 7.05 Å². The molecule has 0 heterocycles. The maximum Gasteiger partial charge on any atom is 0.0432 e. The fraction of sp³-hybridized carbons (Fsp3) is 0.625. The summed E-state index contributed by atoms with van der Waals surface area (Å²) >= 11 is 0. The summed E-state index contributed by atoms with van der Waals surface area (Å²) in [6.45, 7) is 4.51. The van der Waals surface area contributed by atoms with E-state index in [-0.39, 0.29) is 5.54 Å². The van der Waals surface area contributed by atoms with Crippen molar-refractivity contribution in [1.29, 1.82) is 0 Å². The highest BCUT2D eigenvalue weighted by Gasteiger charge is 2.31. The molecular weight excluding hydrogens is 206 g/mol. The third-order valence-corrected chi connectivity index (χ3v) is 4.32. The predicted octanol–water partition coefficient (Wildman–Crippen LogP) is 4.19. The Morgan fingerprint density at radius 2 is 1.59 bits per heavy atom. The van der Waals surface area contributed by atoms with Gasteiger partial charge in [0.15, 0.2) is 0 Å². The summed E-state index contributed by atoms with van der Waals surface area (Å²) in [5.74, 6) is 0.626. The molecule has 0 atom stereocenters. The minimum Gasteiger partial charge on any atom is -0.310 e. The summed E-state index contributed by atoms with van der Waals surface area (Å²) in [4.78, 5) is 0. The Kier molecular flexibility index (Phi) is 3.88. The van der Waals surface area contributed by atoms with E-state index in [1.54, 1.807) is 0 Å². The average Bonchev–Trinajstić information content (AvgIpc) is 2.39. The van der Waals surface area contributed by atoms with Gasteiger partial charge in [-0.1, -0.05) is 57.4 Å². The van der Waals surface area contributed by atoms with Gasteiger partial charge in [-0.05, 0) is 36.9 Å². The highest BCUT2D eigenvalue weighted by atomic mass is 14.9. The molecule has 1 N–H and O–H groups in total. The van der Waals surface area contributed by atoms with Crippen molar-refractivity contribution in [2.75, 3.05) is 7.05 Å². The van der Waals surface area contributed by atoms with Crippen molar-refractivity contribution in [2.24, 2.45) is 0 Å². The van der Waals surface area contributed by atoms with Crippen molar-refractivity contribution >= 4 is 0 Å². The standard InChI is InChI=1S/C16H25N/c1-13(2)14-7-9-15(10-8-14)16(17-3)11-5-4-6-12-16/h7-10,13,17H,4-6,11-12H2,1-3H3. The highest BCUT2D eigenvalue weighted by molar-refractivity contribution is 5.30. The lowest BCUT2D eigenvalue weighted by atomic mass is 9.76. The minimum absolute atomic E-state index is 0.244. The number of nitrogens with one attached hydrogen (secondary N) is 1. The number of hydrogen-bond acceptors (Lipinski definition) is 1. The summed E-state index contributed by atoms with van der Waals surface area (Å²) in [6, 6.07) is 9.26. The van der Waals surface area contributed by atoms with E-state index < -0.39 is 0 Å². The van der Waals surface area contributed by atoms with Crippen molar-refractivity contribution in [3.63, 3.8) is 0 Å². The lowest BCUT2D eigenvalue weighted by Gasteiger charge is -2.38. The Morgan fingerprint density at radius 3 is 2.06 bits per heavy atom. The van der Waals surface area contributed by atoms with Crippen LogP contribution in [0.2, 0.25) is 0 Å². The molecular formula is C16H25N. The largest absolute Gasteiger partial charge is 0.310 e. The van der Waals surface area contributed by atoms with Gasteiger partial charge in [0.1, 0.15) is 0 Å². The van der Waals surface area contributed by atoms with Crippen LogP contribution in [0.25, 0.3) is 0 Å². The molecule has 17 heavy (non-hydrogen) atoms. The van der Waals surface area contributed by atoms with Crippen molar-refractivity contribution in [2.45, 2.75) is 57.4 Å². The monoisotopic (exact) mass is 231 g/mol. The van der Waals surface area contributed by atoms with Crippen LogP contribution in [0.3, 0.4) is 0 Å². The Morgan fingerprint density at radius 1 is 1.00 bits per heavy atom. The van der Waals surface area contributed by atoms with Crippen molar-refractivity contribution < 1.29 is 0 Å². The third kappa shape index (κ3) is 2.55. The molecule has 1 heteroatoms. The van der Waals surface area contributed by atoms with E-state index in [1.807, 2.05) is 0 Å². The average molecular weight is 231 g/mol. The molecule has 94 valence electrons. The Balaban J connectivity index is 2.24. The van der Waals surface area contributed by atoms with Crippen LogP contribution >= 0.6 is 0 Å². The summed E-state index contributed by atoms with van der Waals surface area (Å²) in [5, 5.41) is 3.58. The second-order valence-electron chi connectivity index (χ2n) is 5.67. The molecule has 1 aromatic carbocycles. The Bertz CT molecular complexity index is 344. The normalized spacial score (nSPS) is 19.5. The molecule has 0 amide bonds. The highest BCUT2D eigenvalue weighted by Crippen LogP contribution is 2.37. The van der Waals surface area contributed by atoms with Gasteiger partial charge in [-0.25, -0.2) is 0 Å². The number of hydrogen-bond donors (Lipinski definition) is 1. The topological polar surface area (TPSA) is 12.0 Å². The molecule has 0 saturated heterocycles. The van der Waals surface area contributed by atoms with Gasteiger partial charge in [0, 0.05) is 5.54 Å². The molecule has 1 fully saturated rings. The van der Waals surface area contributed by atoms with Crippen LogP contribution in [0.5, 0.6) is 0 Å². The number of benzene rings is 1. The van der Waals surface area contributed by atoms with Crippen LogP contribution in [0, 0.1) is 0 Å². The fourth-order valence-corrected chi connectivity index (χ4v) is 3.03. The zero-order valence-corrected chi connectivity index (χ0v) is 11.4. The summed E-state index contributed by atoms with van der Waals surface area (Å²) in [5.41, 5.74) is 3.16. The van der Waals surface area contributed by atoms with Gasteiger partial charge < -0.3 is 5.32 Å². The van der Waals surface area contributed by atoms with Crippen LogP contribution < -0.4 is 5.32 Å². The molecule has 0 aliphatic heterocycles. The van der Waals surface area contributed by atoms with Gasteiger partial charge in [-0.3, -0.25) is 0 Å². The lowest BCUT2D eigenvalue weighted by molar-refractivity contribution is 0.250. The van der Waals surface area contributed by atoms with E-state index in [2.05, 4.69) is 50.5 Å². The summed E-state index contributed by atoms with van der Waals surface area (Å²) in [6.07, 6.45) is 6.67. The van der Waals surface area contributed by atoms with Gasteiger partial charge in [-0.15, -0.1) is 0 Å². The molecule has 1 nitrogen and oxygen atoms in total. The number of rotatable bonds is 3. The van der Waals surface area contributed by atoms with Crippen molar-refractivity contribution in [3.05, 3.63) is 35.4 Å². The molecule has 1 aliphatic rings. The van der Waals surface area contributed by atoms with Gasteiger partial charge in [0.05, 0.1) is 0 Å². The van der Waals surface area contributed by atoms with E-state index in [0.717, 1.165) is 0 Å². The maximum atomic E-state index is 3.58. The molecule has 0 spiro atoms. The molecule has 0 bridgehead atoms. The minimum atomic E-state index is 0.244. The predicted molar refractivity (Wildman–Crippen MR) is 74.4 cm³/mol. The van der Waals surface area contributed by atoms with E-state index in [4.69, 9.17) is 0 Å². The first kappa shape index (κ1) is 12.6. The lowest BCUT2D eigenvalue weighted by Crippen LogP contribution is -2.41. The second-order valence-corrected chi connectivity index (χ2v) is 5.67. The second kappa shape index (κ2) is 5.22. The Hall–Kier alpha value is -0.820. The van der Waals surface area contributed by atoms with E-state index >= 15 is 0 Å². The molecule has 0 radical (unpaired) electrons. The van der Waals surface area contributed by atoms with E-state index in [9.17, 15) is 0 Å². The smallest absolute Gasteiger partial charge is 0.0432 e. The third-order valence-electron chi connectivity index (χ3n) is 4.32. The first-order valence-electron chi connectivity index (χ1n) is 6.97. The van der Waals surface area contributed by atoms with Gasteiger partial charge in [0.25, 0.3) is 0 Å². The molecule has 1 aliphatic carbocycles. The quantitative estimate of drug-likeness (QED) is 0.822. The van der Waals surface area contributed by atoms with Crippen LogP contribution in [0.1, 0.15) is 63.0 Å². The van der Waals surface area contributed by atoms with Crippen molar-refractivity contribution in [1.82, 2.24) is 5.32 Å². The maximum absolute atomic E-state index is 3.58. The molecule has 1 saturated carbocycles. The first-order chi connectivity index (χ1) is 8.18. The Labute approximate surface area is 106 Å². The zero-order chi connectivity index (χ0) is 12.3. The van der Waals surface area contributed by atoms with Crippen LogP contribution in [0.4, 0.5) is 0 Å². The molecule has 1 aromatic rings. The molecule has 0 aromatic heterocycles. The summed E-state index contributed by atoms with van der Waals surface area (Å²) < 4.78 is 0. The van der Waals surface area contributed by atoms with Gasteiger partial charge >= 0.3 is 0 Å². The van der Waals surface area contributed by atoms with E-state index in [1.165, 1.54) is 43.2 Å². The molecule has 2 rings (SSSR count). The SMILES string of the molecule is CNC1(c2ccc(C(C)C)cc2)CCCCC1. The fourth-order valence-electron chi connectivity index (χ4n) is 3.03. The van der Waals surface area contributed by atoms with Gasteiger partial charge in [0.2, 0.25) is 0 Å². The summed E-state index contributed by atoms with van der Waals surface area (Å²) in [7, 11) is 2.11. The van der Waals surface area contributed by atoms with Crippen molar-refractivity contribution in [3.8, 4) is 0 Å². The first-order valence-corrected chi connectivity index (χ1v) is 6.97. The molecule has 0 unspecified atom stereocenters. The van der Waals surface area contributed by atoms with Gasteiger partial charge in [-0.2, -0.15) is 0 Å². The van der Waals surface area contributed by atoms with Crippen LogP contribution in [-0.2, 0) is 5.54 Å².